The molecule has 3 heterocycles. The van der Waals surface area contributed by atoms with Crippen molar-refractivity contribution in [2.24, 2.45) is 0 Å². The third-order valence-electron chi connectivity index (χ3n) is 4.17. The number of nitrogens with zero attached hydrogens (tertiary/aromatic N) is 4. The fourth-order valence-electron chi connectivity index (χ4n) is 2.67. The normalized spacial score (nSPS) is 10.8. The average Bonchev–Trinajstić information content (AvgIpc) is 3.33. The molecule has 4 aromatic rings. The first-order valence-corrected chi connectivity index (χ1v) is 9.34. The summed E-state index contributed by atoms with van der Waals surface area (Å²) in [5, 5.41) is 6.90. The molecule has 148 valence electrons. The summed E-state index contributed by atoms with van der Waals surface area (Å²) in [5.41, 5.74) is 2.37. The van der Waals surface area contributed by atoms with E-state index in [9.17, 15) is 4.79 Å². The molecule has 0 atom stereocenters. The van der Waals surface area contributed by atoms with Gasteiger partial charge in [0.25, 0.3) is 0 Å². The molecular formula is C23H19N5O2. The topological polar surface area (TPSA) is 81.9 Å². The number of amides is 1. The summed E-state index contributed by atoms with van der Waals surface area (Å²) < 4.78 is 7.36. The van der Waals surface area contributed by atoms with E-state index in [1.165, 1.54) is 6.08 Å². The van der Waals surface area contributed by atoms with Gasteiger partial charge in [-0.2, -0.15) is 5.10 Å². The maximum Gasteiger partial charge on any atom is 0.248 e. The minimum atomic E-state index is -0.237. The highest BCUT2D eigenvalue weighted by atomic mass is 16.5. The number of hydrogen-bond acceptors (Lipinski definition) is 5. The van der Waals surface area contributed by atoms with Crippen molar-refractivity contribution in [3.8, 4) is 11.6 Å². The van der Waals surface area contributed by atoms with E-state index >= 15 is 0 Å². The summed E-state index contributed by atoms with van der Waals surface area (Å²) in [6, 6.07) is 18.6. The molecule has 0 spiro atoms. The zero-order valence-electron chi connectivity index (χ0n) is 16.1. The Morgan fingerprint density at radius 3 is 2.60 bits per heavy atom. The molecular weight excluding hydrogens is 378 g/mol. The molecule has 3 aromatic heterocycles. The van der Waals surface area contributed by atoms with Crippen LogP contribution in [0.1, 0.15) is 11.3 Å². The van der Waals surface area contributed by atoms with Gasteiger partial charge in [-0.3, -0.25) is 9.78 Å². The highest BCUT2D eigenvalue weighted by Gasteiger charge is 2.02. The first-order chi connectivity index (χ1) is 14.8. The molecule has 0 fully saturated rings. The quantitative estimate of drug-likeness (QED) is 0.479. The van der Waals surface area contributed by atoms with Crippen LogP contribution >= 0.6 is 0 Å². The standard InChI is InChI=1S/C23H19N5O2/c29-23(27-19-8-11-22(25-16-19)28-15-3-14-26-28)12-7-18-5-9-21(10-6-18)30-17-20-4-1-2-13-24-20/h1-16H,17H2,(H,27,29). The van der Waals surface area contributed by atoms with E-state index in [1.54, 1.807) is 47.7 Å². The molecule has 0 saturated carbocycles. The number of hydrogen-bond donors (Lipinski definition) is 1. The van der Waals surface area contributed by atoms with Crippen LogP contribution in [-0.2, 0) is 11.4 Å². The van der Waals surface area contributed by atoms with Gasteiger partial charge in [0, 0.05) is 24.7 Å². The maximum absolute atomic E-state index is 12.2. The van der Waals surface area contributed by atoms with E-state index in [0.717, 1.165) is 17.0 Å². The van der Waals surface area contributed by atoms with Crippen molar-refractivity contribution in [2.45, 2.75) is 6.61 Å². The molecule has 0 unspecified atom stereocenters. The molecule has 7 nitrogen and oxygen atoms in total. The van der Waals surface area contributed by atoms with Crippen molar-refractivity contribution in [3.05, 3.63) is 103 Å². The number of carbonyl (C=O) groups excluding carboxylic acids is 1. The number of rotatable bonds is 7. The fraction of sp³-hybridized carbons (Fsp3) is 0.0435. The number of anilines is 1. The molecule has 1 amide bonds. The van der Waals surface area contributed by atoms with E-state index in [0.29, 0.717) is 18.1 Å². The van der Waals surface area contributed by atoms with Crippen LogP contribution in [0, 0.1) is 0 Å². The lowest BCUT2D eigenvalue weighted by Crippen LogP contribution is -2.08. The van der Waals surface area contributed by atoms with Crippen LogP contribution in [0.2, 0.25) is 0 Å². The van der Waals surface area contributed by atoms with Gasteiger partial charge >= 0.3 is 0 Å². The van der Waals surface area contributed by atoms with Crippen molar-refractivity contribution in [2.75, 3.05) is 5.32 Å². The largest absolute Gasteiger partial charge is 0.487 e. The number of nitrogens with one attached hydrogen (secondary N) is 1. The number of aromatic nitrogens is 4. The highest BCUT2D eigenvalue weighted by molar-refractivity contribution is 6.01. The number of ether oxygens (including phenoxy) is 1. The summed E-state index contributed by atoms with van der Waals surface area (Å²) >= 11 is 0. The number of benzene rings is 1. The molecule has 0 radical (unpaired) electrons. The molecule has 30 heavy (non-hydrogen) atoms. The Morgan fingerprint density at radius 2 is 1.90 bits per heavy atom. The van der Waals surface area contributed by atoms with Gasteiger partial charge in [-0.25, -0.2) is 9.67 Å². The zero-order valence-corrected chi connectivity index (χ0v) is 16.1. The lowest BCUT2D eigenvalue weighted by molar-refractivity contribution is -0.111. The summed E-state index contributed by atoms with van der Waals surface area (Å²) in [4.78, 5) is 20.7. The first-order valence-electron chi connectivity index (χ1n) is 9.34. The van der Waals surface area contributed by atoms with Gasteiger partial charge in [0.15, 0.2) is 5.82 Å². The molecule has 0 saturated heterocycles. The molecule has 1 aromatic carbocycles. The van der Waals surface area contributed by atoms with Gasteiger partial charge in [-0.15, -0.1) is 0 Å². The van der Waals surface area contributed by atoms with Crippen LogP contribution in [0.15, 0.2) is 91.5 Å². The van der Waals surface area contributed by atoms with Gasteiger partial charge in [0.05, 0.1) is 17.6 Å². The summed E-state index contributed by atoms with van der Waals surface area (Å²) in [6.07, 6.45) is 10.0. The van der Waals surface area contributed by atoms with Crippen molar-refractivity contribution in [3.63, 3.8) is 0 Å². The first kappa shape index (κ1) is 19.1. The second kappa shape index (κ2) is 9.29. The molecule has 1 N–H and O–H groups in total. The van der Waals surface area contributed by atoms with E-state index in [1.807, 2.05) is 48.5 Å². The van der Waals surface area contributed by atoms with E-state index in [2.05, 4.69) is 20.4 Å². The van der Waals surface area contributed by atoms with Crippen LogP contribution in [-0.4, -0.2) is 25.7 Å². The fourth-order valence-corrected chi connectivity index (χ4v) is 2.67. The molecule has 0 bridgehead atoms. The van der Waals surface area contributed by atoms with E-state index < -0.39 is 0 Å². The summed E-state index contributed by atoms with van der Waals surface area (Å²) in [5.74, 6) is 1.18. The second-order valence-electron chi connectivity index (χ2n) is 6.36. The minimum Gasteiger partial charge on any atom is -0.487 e. The Balaban J connectivity index is 1.29. The third-order valence-corrected chi connectivity index (χ3v) is 4.17. The number of pyridine rings is 2. The van der Waals surface area contributed by atoms with Crippen LogP contribution < -0.4 is 10.1 Å². The Bertz CT molecular complexity index is 1110. The minimum absolute atomic E-state index is 0.237. The van der Waals surface area contributed by atoms with Crippen LogP contribution in [0.4, 0.5) is 5.69 Å². The Labute approximate surface area is 173 Å². The van der Waals surface area contributed by atoms with Crippen LogP contribution in [0.3, 0.4) is 0 Å². The molecule has 7 heteroatoms. The monoisotopic (exact) mass is 397 g/mol. The predicted molar refractivity (Wildman–Crippen MR) is 114 cm³/mol. The lowest BCUT2D eigenvalue weighted by Gasteiger charge is -2.06. The van der Waals surface area contributed by atoms with Crippen molar-refractivity contribution < 1.29 is 9.53 Å². The zero-order chi connectivity index (χ0) is 20.6. The van der Waals surface area contributed by atoms with Crippen LogP contribution in [0.25, 0.3) is 11.9 Å². The van der Waals surface area contributed by atoms with Crippen molar-refractivity contribution in [1.82, 2.24) is 19.7 Å². The highest BCUT2D eigenvalue weighted by Crippen LogP contribution is 2.15. The molecule has 4 rings (SSSR count). The average molecular weight is 397 g/mol. The van der Waals surface area contributed by atoms with Crippen LogP contribution in [0.5, 0.6) is 5.75 Å². The lowest BCUT2D eigenvalue weighted by atomic mass is 10.2. The van der Waals surface area contributed by atoms with Crippen molar-refractivity contribution >= 4 is 17.7 Å². The molecule has 0 aliphatic rings. The van der Waals surface area contributed by atoms with Gasteiger partial charge < -0.3 is 10.1 Å². The predicted octanol–water partition coefficient (Wildman–Crippen LogP) is 3.89. The SMILES string of the molecule is O=C(C=Cc1ccc(OCc2ccccn2)cc1)Nc1ccc(-n2cccn2)nc1. The van der Waals surface area contributed by atoms with E-state index in [4.69, 9.17) is 4.74 Å². The second-order valence-corrected chi connectivity index (χ2v) is 6.36. The maximum atomic E-state index is 12.2. The Morgan fingerprint density at radius 1 is 1.00 bits per heavy atom. The summed E-state index contributed by atoms with van der Waals surface area (Å²) in [7, 11) is 0. The van der Waals surface area contributed by atoms with Gasteiger partial charge in [0.1, 0.15) is 12.4 Å². The Kier molecular flexibility index (Phi) is 5.91. The summed E-state index contributed by atoms with van der Waals surface area (Å²) in [6.45, 7) is 0.408. The third kappa shape index (κ3) is 5.17. The van der Waals surface area contributed by atoms with Gasteiger partial charge in [-0.05, 0) is 54.1 Å². The molecule has 0 aliphatic carbocycles. The number of carbonyl (C=O) groups is 1. The van der Waals surface area contributed by atoms with Gasteiger partial charge in [-0.1, -0.05) is 18.2 Å². The van der Waals surface area contributed by atoms with Crippen molar-refractivity contribution in [1.29, 1.82) is 0 Å². The smallest absolute Gasteiger partial charge is 0.248 e. The van der Waals surface area contributed by atoms with Gasteiger partial charge in [0.2, 0.25) is 5.91 Å². The van der Waals surface area contributed by atoms with E-state index in [-0.39, 0.29) is 5.91 Å². The molecule has 0 aliphatic heterocycles. The Hall–Kier alpha value is -4.26.